The van der Waals surface area contributed by atoms with E-state index < -0.39 is 0 Å². The molecule has 0 amide bonds. The van der Waals surface area contributed by atoms with Crippen molar-refractivity contribution < 1.29 is 0 Å². The number of fused-ring (bicyclic) bond motifs is 1. The third-order valence-corrected chi connectivity index (χ3v) is 6.21. The Balaban J connectivity index is 1.24. The van der Waals surface area contributed by atoms with Gasteiger partial charge < -0.3 is 15.0 Å². The minimum absolute atomic E-state index is 0.450. The SMILES string of the molecule is CN=C(NCCc1cn2cccc(C)c2n1)NC1CCN(Cc2ccccc2)C(C)C1. The molecule has 2 atom stereocenters. The van der Waals surface area contributed by atoms with E-state index in [-0.39, 0.29) is 0 Å². The number of aryl methyl sites for hydroxylation is 1. The van der Waals surface area contributed by atoms with Crippen molar-refractivity contribution in [1.29, 1.82) is 0 Å². The first-order chi connectivity index (χ1) is 15.1. The molecule has 164 valence electrons. The van der Waals surface area contributed by atoms with Crippen LogP contribution in [0.2, 0.25) is 0 Å². The molecule has 4 rings (SSSR count). The number of aromatic nitrogens is 2. The molecule has 2 unspecified atom stereocenters. The van der Waals surface area contributed by atoms with Gasteiger partial charge in [0.15, 0.2) is 5.96 Å². The van der Waals surface area contributed by atoms with Crippen molar-refractivity contribution >= 4 is 11.6 Å². The van der Waals surface area contributed by atoms with Crippen LogP contribution in [0.15, 0.2) is 59.9 Å². The van der Waals surface area contributed by atoms with Crippen LogP contribution in [0, 0.1) is 6.92 Å². The van der Waals surface area contributed by atoms with Crippen molar-refractivity contribution in [1.82, 2.24) is 24.9 Å². The molecule has 6 heteroatoms. The van der Waals surface area contributed by atoms with Crippen LogP contribution in [-0.4, -0.2) is 52.5 Å². The first kappa shape index (κ1) is 21.4. The lowest BCUT2D eigenvalue weighted by Gasteiger charge is -2.38. The zero-order valence-corrected chi connectivity index (χ0v) is 18.9. The molecule has 2 N–H and O–H groups in total. The second-order valence-corrected chi connectivity index (χ2v) is 8.57. The predicted octanol–water partition coefficient (Wildman–Crippen LogP) is 3.40. The molecule has 0 spiro atoms. The van der Waals surface area contributed by atoms with E-state index in [1.807, 2.05) is 7.05 Å². The number of imidazole rings is 1. The van der Waals surface area contributed by atoms with Crippen molar-refractivity contribution in [3.63, 3.8) is 0 Å². The number of rotatable bonds is 6. The lowest BCUT2D eigenvalue weighted by Crippen LogP contribution is -2.51. The summed E-state index contributed by atoms with van der Waals surface area (Å²) >= 11 is 0. The van der Waals surface area contributed by atoms with Crippen molar-refractivity contribution in [2.24, 2.45) is 4.99 Å². The van der Waals surface area contributed by atoms with E-state index in [0.29, 0.717) is 12.1 Å². The largest absolute Gasteiger partial charge is 0.356 e. The average molecular weight is 419 g/mol. The Kier molecular flexibility index (Phi) is 6.87. The van der Waals surface area contributed by atoms with Gasteiger partial charge in [-0.3, -0.25) is 9.89 Å². The van der Waals surface area contributed by atoms with Gasteiger partial charge in [0.2, 0.25) is 0 Å². The van der Waals surface area contributed by atoms with Gasteiger partial charge in [-0.05, 0) is 43.9 Å². The maximum absolute atomic E-state index is 4.76. The second kappa shape index (κ2) is 9.96. The van der Waals surface area contributed by atoms with Crippen molar-refractivity contribution in [2.75, 3.05) is 20.1 Å². The third-order valence-electron chi connectivity index (χ3n) is 6.21. The number of benzene rings is 1. The summed E-state index contributed by atoms with van der Waals surface area (Å²) in [5.74, 6) is 0.883. The van der Waals surface area contributed by atoms with E-state index in [0.717, 1.165) is 56.2 Å². The number of nitrogens with one attached hydrogen (secondary N) is 2. The highest BCUT2D eigenvalue weighted by Gasteiger charge is 2.25. The lowest BCUT2D eigenvalue weighted by atomic mass is 9.97. The van der Waals surface area contributed by atoms with Gasteiger partial charge in [-0.25, -0.2) is 4.98 Å². The third kappa shape index (κ3) is 5.44. The molecule has 0 aliphatic carbocycles. The van der Waals surface area contributed by atoms with Gasteiger partial charge >= 0.3 is 0 Å². The summed E-state index contributed by atoms with van der Waals surface area (Å²) in [5, 5.41) is 7.10. The van der Waals surface area contributed by atoms with Crippen LogP contribution in [-0.2, 0) is 13.0 Å². The van der Waals surface area contributed by atoms with Gasteiger partial charge in [0.1, 0.15) is 5.65 Å². The Bertz CT molecular complexity index is 1010. The van der Waals surface area contributed by atoms with Crippen molar-refractivity contribution in [2.45, 2.75) is 51.7 Å². The highest BCUT2D eigenvalue weighted by Crippen LogP contribution is 2.20. The van der Waals surface area contributed by atoms with E-state index in [9.17, 15) is 0 Å². The minimum Gasteiger partial charge on any atom is -0.356 e. The first-order valence-electron chi connectivity index (χ1n) is 11.3. The molecule has 2 aromatic heterocycles. The van der Waals surface area contributed by atoms with Crippen molar-refractivity contribution in [3.8, 4) is 0 Å². The van der Waals surface area contributed by atoms with Gasteiger partial charge in [0.05, 0.1) is 5.69 Å². The summed E-state index contributed by atoms with van der Waals surface area (Å²) in [5.41, 5.74) is 4.73. The molecule has 0 radical (unpaired) electrons. The minimum atomic E-state index is 0.450. The molecular formula is C25H34N6. The molecule has 0 bridgehead atoms. The standard InChI is InChI=1S/C25H34N6/c1-19-8-7-14-31-18-23(28-24(19)31)11-13-27-25(26-3)29-22-12-15-30(20(2)16-22)17-21-9-5-4-6-10-21/h4-10,14,18,20,22H,11-13,15-17H2,1-3H3,(H2,26,27,29). The summed E-state index contributed by atoms with van der Waals surface area (Å²) in [6.45, 7) is 7.37. The highest BCUT2D eigenvalue weighted by molar-refractivity contribution is 5.80. The molecule has 31 heavy (non-hydrogen) atoms. The van der Waals surface area contributed by atoms with Gasteiger partial charge in [-0.15, -0.1) is 0 Å². The number of hydrogen-bond acceptors (Lipinski definition) is 3. The van der Waals surface area contributed by atoms with Gasteiger partial charge in [-0.1, -0.05) is 36.4 Å². The molecule has 3 aromatic rings. The number of hydrogen-bond donors (Lipinski definition) is 2. The van der Waals surface area contributed by atoms with Crippen molar-refractivity contribution in [3.05, 3.63) is 71.7 Å². The number of aliphatic imine (C=N–C) groups is 1. The zero-order valence-electron chi connectivity index (χ0n) is 18.9. The molecule has 6 nitrogen and oxygen atoms in total. The number of guanidine groups is 1. The van der Waals surface area contributed by atoms with Crippen LogP contribution >= 0.6 is 0 Å². The Morgan fingerprint density at radius 2 is 2.03 bits per heavy atom. The molecule has 1 saturated heterocycles. The van der Waals surface area contributed by atoms with Gasteiger partial charge in [0, 0.05) is 57.6 Å². The van der Waals surface area contributed by atoms with Gasteiger partial charge in [-0.2, -0.15) is 0 Å². The Morgan fingerprint density at radius 1 is 1.19 bits per heavy atom. The van der Waals surface area contributed by atoms with E-state index in [1.54, 1.807) is 0 Å². The number of likely N-dealkylation sites (tertiary alicyclic amines) is 1. The smallest absolute Gasteiger partial charge is 0.191 e. The van der Waals surface area contributed by atoms with Crippen LogP contribution in [0.25, 0.3) is 5.65 Å². The molecule has 1 aliphatic heterocycles. The predicted molar refractivity (Wildman–Crippen MR) is 127 cm³/mol. The fourth-order valence-electron chi connectivity index (χ4n) is 4.43. The number of nitrogens with zero attached hydrogens (tertiary/aromatic N) is 4. The van der Waals surface area contributed by atoms with Crippen LogP contribution in [0.4, 0.5) is 0 Å². The quantitative estimate of drug-likeness (QED) is 0.476. The molecule has 0 saturated carbocycles. The summed E-state index contributed by atoms with van der Waals surface area (Å²) in [4.78, 5) is 11.8. The molecular weight excluding hydrogens is 384 g/mol. The number of pyridine rings is 1. The van der Waals surface area contributed by atoms with E-state index in [2.05, 4.69) is 93.6 Å². The topological polar surface area (TPSA) is 57.0 Å². The van der Waals surface area contributed by atoms with Gasteiger partial charge in [0.25, 0.3) is 0 Å². The summed E-state index contributed by atoms with van der Waals surface area (Å²) in [7, 11) is 1.84. The Hall–Kier alpha value is -2.86. The fourth-order valence-corrected chi connectivity index (χ4v) is 4.43. The van der Waals surface area contributed by atoms with Crippen LogP contribution in [0.5, 0.6) is 0 Å². The van der Waals surface area contributed by atoms with Crippen LogP contribution in [0.1, 0.15) is 36.6 Å². The Labute approximate surface area is 185 Å². The molecule has 3 heterocycles. The monoisotopic (exact) mass is 418 g/mol. The van der Waals surface area contributed by atoms with E-state index in [4.69, 9.17) is 4.98 Å². The first-order valence-corrected chi connectivity index (χ1v) is 11.3. The second-order valence-electron chi connectivity index (χ2n) is 8.57. The molecule has 1 aromatic carbocycles. The summed E-state index contributed by atoms with van der Waals surface area (Å²) in [6.07, 6.45) is 7.29. The van der Waals surface area contributed by atoms with Crippen LogP contribution in [0.3, 0.4) is 0 Å². The summed E-state index contributed by atoms with van der Waals surface area (Å²) < 4.78 is 2.10. The number of piperidine rings is 1. The Morgan fingerprint density at radius 3 is 2.77 bits per heavy atom. The molecule has 1 fully saturated rings. The lowest BCUT2D eigenvalue weighted by molar-refractivity contribution is 0.134. The molecule has 1 aliphatic rings. The zero-order chi connectivity index (χ0) is 21.6. The van der Waals surface area contributed by atoms with E-state index in [1.165, 1.54) is 11.1 Å². The summed E-state index contributed by atoms with van der Waals surface area (Å²) in [6, 6.07) is 15.9. The van der Waals surface area contributed by atoms with E-state index >= 15 is 0 Å². The highest BCUT2D eigenvalue weighted by atomic mass is 15.2. The van der Waals surface area contributed by atoms with Crippen LogP contribution < -0.4 is 10.6 Å². The maximum Gasteiger partial charge on any atom is 0.191 e. The maximum atomic E-state index is 4.76. The fraction of sp³-hybridized carbons (Fsp3) is 0.440. The normalized spacial score (nSPS) is 20.2. The average Bonchev–Trinajstić information content (AvgIpc) is 3.20.